The Kier molecular flexibility index (Phi) is 6.38. The zero-order valence-corrected chi connectivity index (χ0v) is 15.5. The average Bonchev–Trinajstić information content (AvgIpc) is 3.17. The van der Waals surface area contributed by atoms with Crippen molar-refractivity contribution in [1.29, 1.82) is 0 Å². The van der Waals surface area contributed by atoms with Crippen molar-refractivity contribution in [1.82, 2.24) is 10.6 Å². The van der Waals surface area contributed by atoms with Gasteiger partial charge < -0.3 is 29.6 Å². The van der Waals surface area contributed by atoms with Gasteiger partial charge in [0.05, 0.1) is 14.2 Å². The molecule has 1 aliphatic heterocycles. The molecule has 3 rings (SSSR count). The number of nitrogens with one attached hydrogen (secondary N) is 2. The first-order valence-electron chi connectivity index (χ1n) is 8.76. The molecule has 0 spiro atoms. The zero-order chi connectivity index (χ0) is 19.1. The molecule has 0 atom stereocenters. The SMILES string of the molecule is COc1ccc(CNCCC(=O)NCc2ccc3c(c2)OCO3)cc1OC. The van der Waals surface area contributed by atoms with Crippen LogP contribution in [0.15, 0.2) is 36.4 Å². The van der Waals surface area contributed by atoms with Crippen LogP contribution in [0.25, 0.3) is 0 Å². The van der Waals surface area contributed by atoms with Crippen LogP contribution in [0.4, 0.5) is 0 Å². The minimum absolute atomic E-state index is 0.00696. The summed E-state index contributed by atoms with van der Waals surface area (Å²) in [5, 5.41) is 6.17. The van der Waals surface area contributed by atoms with Crippen LogP contribution in [0, 0.1) is 0 Å². The van der Waals surface area contributed by atoms with Crippen LogP contribution < -0.4 is 29.6 Å². The van der Waals surface area contributed by atoms with Crippen LogP contribution in [-0.4, -0.2) is 33.5 Å². The third-order valence-corrected chi connectivity index (χ3v) is 4.23. The highest BCUT2D eigenvalue weighted by Crippen LogP contribution is 2.32. The third-order valence-electron chi connectivity index (χ3n) is 4.23. The van der Waals surface area contributed by atoms with E-state index in [1.54, 1.807) is 14.2 Å². The minimum Gasteiger partial charge on any atom is -0.493 e. The molecule has 0 unspecified atom stereocenters. The van der Waals surface area contributed by atoms with Crippen molar-refractivity contribution in [3.8, 4) is 23.0 Å². The summed E-state index contributed by atoms with van der Waals surface area (Å²) < 4.78 is 21.1. The van der Waals surface area contributed by atoms with Crippen LogP contribution in [0.5, 0.6) is 23.0 Å². The number of carbonyl (C=O) groups is 1. The molecule has 0 saturated heterocycles. The van der Waals surface area contributed by atoms with Crippen LogP contribution in [-0.2, 0) is 17.9 Å². The van der Waals surface area contributed by atoms with Gasteiger partial charge in [0.15, 0.2) is 23.0 Å². The zero-order valence-electron chi connectivity index (χ0n) is 15.5. The fraction of sp³-hybridized carbons (Fsp3) is 0.350. The summed E-state index contributed by atoms with van der Waals surface area (Å²) in [6, 6.07) is 11.4. The van der Waals surface area contributed by atoms with E-state index in [4.69, 9.17) is 18.9 Å². The molecule has 7 nitrogen and oxygen atoms in total. The van der Waals surface area contributed by atoms with Gasteiger partial charge in [-0.1, -0.05) is 12.1 Å². The van der Waals surface area contributed by atoms with Gasteiger partial charge in [0.1, 0.15) is 0 Å². The molecule has 0 bridgehead atoms. The van der Waals surface area contributed by atoms with Gasteiger partial charge in [0.2, 0.25) is 12.7 Å². The number of ether oxygens (including phenoxy) is 4. The van der Waals surface area contributed by atoms with Gasteiger partial charge in [-0.25, -0.2) is 0 Å². The smallest absolute Gasteiger partial charge is 0.231 e. The summed E-state index contributed by atoms with van der Waals surface area (Å²) >= 11 is 0. The summed E-state index contributed by atoms with van der Waals surface area (Å²) in [6.07, 6.45) is 0.401. The normalized spacial score (nSPS) is 11.9. The van der Waals surface area contributed by atoms with Gasteiger partial charge in [-0.15, -0.1) is 0 Å². The van der Waals surface area contributed by atoms with Gasteiger partial charge in [0.25, 0.3) is 0 Å². The quantitative estimate of drug-likeness (QED) is 0.658. The van der Waals surface area contributed by atoms with E-state index in [1.165, 1.54) is 0 Å². The van der Waals surface area contributed by atoms with E-state index in [9.17, 15) is 4.79 Å². The topological polar surface area (TPSA) is 78.1 Å². The molecule has 2 aromatic rings. The predicted molar refractivity (Wildman–Crippen MR) is 100 cm³/mol. The Balaban J connectivity index is 1.37. The standard InChI is InChI=1S/C20H24N2O5/c1-24-16-5-3-14(9-18(16)25-2)11-21-8-7-20(23)22-12-15-4-6-17-19(10-15)27-13-26-17/h3-6,9-10,21H,7-8,11-13H2,1-2H3,(H,22,23). The van der Waals surface area contributed by atoms with Crippen molar-refractivity contribution in [2.24, 2.45) is 0 Å². The maximum absolute atomic E-state index is 12.0. The number of carbonyl (C=O) groups excluding carboxylic acids is 1. The maximum atomic E-state index is 12.0. The first kappa shape index (κ1) is 18.8. The van der Waals surface area contributed by atoms with Gasteiger partial charge >= 0.3 is 0 Å². The lowest BCUT2D eigenvalue weighted by Crippen LogP contribution is -2.27. The summed E-state index contributed by atoms with van der Waals surface area (Å²) in [4.78, 5) is 12.0. The molecule has 144 valence electrons. The highest BCUT2D eigenvalue weighted by molar-refractivity contribution is 5.76. The molecular formula is C20H24N2O5. The van der Waals surface area contributed by atoms with Crippen molar-refractivity contribution >= 4 is 5.91 Å². The highest BCUT2D eigenvalue weighted by atomic mass is 16.7. The summed E-state index contributed by atoms with van der Waals surface area (Å²) in [6.45, 7) is 1.94. The van der Waals surface area contributed by atoms with Gasteiger partial charge in [0, 0.05) is 26.1 Å². The number of fused-ring (bicyclic) bond motifs is 1. The second-order valence-electron chi connectivity index (χ2n) is 6.08. The fourth-order valence-corrected chi connectivity index (χ4v) is 2.77. The Bertz CT molecular complexity index is 794. The van der Waals surface area contributed by atoms with E-state index >= 15 is 0 Å². The lowest BCUT2D eigenvalue weighted by atomic mass is 10.2. The first-order chi connectivity index (χ1) is 13.2. The Labute approximate surface area is 158 Å². The molecule has 0 aromatic heterocycles. The van der Waals surface area contributed by atoms with E-state index in [0.29, 0.717) is 37.6 Å². The second kappa shape index (κ2) is 9.14. The van der Waals surface area contributed by atoms with E-state index in [2.05, 4.69) is 10.6 Å². The Morgan fingerprint density at radius 1 is 0.963 bits per heavy atom. The first-order valence-corrected chi connectivity index (χ1v) is 8.76. The molecular weight excluding hydrogens is 348 g/mol. The Hall–Kier alpha value is -2.93. The third kappa shape index (κ3) is 5.04. The second-order valence-corrected chi connectivity index (χ2v) is 6.08. The largest absolute Gasteiger partial charge is 0.493 e. The molecule has 0 fully saturated rings. The van der Waals surface area contributed by atoms with Crippen LogP contribution in [0.2, 0.25) is 0 Å². The number of benzene rings is 2. The maximum Gasteiger partial charge on any atom is 0.231 e. The summed E-state index contributed by atoms with van der Waals surface area (Å²) in [5.74, 6) is 2.85. The molecule has 1 heterocycles. The van der Waals surface area contributed by atoms with Crippen molar-refractivity contribution in [2.45, 2.75) is 19.5 Å². The van der Waals surface area contributed by atoms with Crippen molar-refractivity contribution in [2.75, 3.05) is 27.6 Å². The molecule has 2 aromatic carbocycles. The number of amides is 1. The van der Waals surface area contributed by atoms with Crippen molar-refractivity contribution in [3.05, 3.63) is 47.5 Å². The van der Waals surface area contributed by atoms with E-state index < -0.39 is 0 Å². The highest BCUT2D eigenvalue weighted by Gasteiger charge is 2.13. The Morgan fingerprint density at radius 2 is 1.70 bits per heavy atom. The van der Waals surface area contributed by atoms with Crippen molar-refractivity contribution < 1.29 is 23.7 Å². The monoisotopic (exact) mass is 372 g/mol. The van der Waals surface area contributed by atoms with E-state index in [-0.39, 0.29) is 12.7 Å². The predicted octanol–water partition coefficient (Wildman–Crippen LogP) is 2.23. The molecule has 0 aliphatic carbocycles. The van der Waals surface area contributed by atoms with Crippen LogP contribution >= 0.6 is 0 Å². The number of hydrogen-bond acceptors (Lipinski definition) is 6. The molecule has 7 heteroatoms. The average molecular weight is 372 g/mol. The molecule has 0 saturated carbocycles. The van der Waals surface area contributed by atoms with Crippen LogP contribution in [0.1, 0.15) is 17.5 Å². The van der Waals surface area contributed by atoms with Crippen LogP contribution in [0.3, 0.4) is 0 Å². The van der Waals surface area contributed by atoms with E-state index in [1.807, 2.05) is 36.4 Å². The van der Waals surface area contributed by atoms with E-state index in [0.717, 1.165) is 22.6 Å². The number of hydrogen-bond donors (Lipinski definition) is 2. The molecule has 2 N–H and O–H groups in total. The lowest BCUT2D eigenvalue weighted by molar-refractivity contribution is -0.121. The molecule has 27 heavy (non-hydrogen) atoms. The lowest BCUT2D eigenvalue weighted by Gasteiger charge is -2.10. The van der Waals surface area contributed by atoms with Gasteiger partial charge in [-0.05, 0) is 35.4 Å². The minimum atomic E-state index is -0.00696. The van der Waals surface area contributed by atoms with Crippen molar-refractivity contribution in [3.63, 3.8) is 0 Å². The molecule has 1 aliphatic rings. The Morgan fingerprint density at radius 3 is 2.52 bits per heavy atom. The fourth-order valence-electron chi connectivity index (χ4n) is 2.77. The number of methoxy groups -OCH3 is 2. The molecule has 0 radical (unpaired) electrons. The van der Waals surface area contributed by atoms with Gasteiger partial charge in [-0.3, -0.25) is 4.79 Å². The summed E-state index contributed by atoms with van der Waals surface area (Å²) in [7, 11) is 3.22. The molecule has 1 amide bonds. The number of rotatable bonds is 9. The van der Waals surface area contributed by atoms with Gasteiger partial charge in [-0.2, -0.15) is 0 Å². The summed E-state index contributed by atoms with van der Waals surface area (Å²) in [5.41, 5.74) is 2.04.